The van der Waals surface area contributed by atoms with Gasteiger partial charge in [-0.3, -0.25) is 4.79 Å². The number of fused-ring (bicyclic) bond motifs is 1. The second kappa shape index (κ2) is 7.98. The summed E-state index contributed by atoms with van der Waals surface area (Å²) >= 11 is 1.15. The summed E-state index contributed by atoms with van der Waals surface area (Å²) < 4.78 is 30.9. The van der Waals surface area contributed by atoms with Gasteiger partial charge in [-0.25, -0.2) is 13.6 Å². The zero-order valence-electron chi connectivity index (χ0n) is 15.0. The molecular weight excluding hydrogens is 398 g/mol. The highest BCUT2D eigenvalue weighted by Crippen LogP contribution is 2.21. The lowest BCUT2D eigenvalue weighted by atomic mass is 10.2. The number of nitrogens with two attached hydrogens (primary N) is 1. The molecule has 0 saturated carbocycles. The fourth-order valence-corrected chi connectivity index (χ4v) is 4.26. The van der Waals surface area contributed by atoms with Crippen LogP contribution < -0.4 is 14.7 Å². The quantitative estimate of drug-likeness (QED) is 0.642. The van der Waals surface area contributed by atoms with Gasteiger partial charge in [-0.2, -0.15) is 4.99 Å². The Kier molecular flexibility index (Phi) is 5.65. The second-order valence-corrected chi connectivity index (χ2v) is 8.48. The minimum absolute atomic E-state index is 0.0186. The third-order valence-corrected chi connectivity index (χ3v) is 5.85. The predicted octanol–water partition coefficient (Wildman–Crippen LogP) is 1.80. The van der Waals surface area contributed by atoms with E-state index in [-0.39, 0.29) is 18.0 Å². The molecule has 7 nitrogen and oxygen atoms in total. The summed E-state index contributed by atoms with van der Waals surface area (Å²) in [5, 5.41) is 5.18. The van der Waals surface area contributed by atoms with E-state index in [1.54, 1.807) is 16.7 Å². The van der Waals surface area contributed by atoms with Gasteiger partial charge in [0.15, 0.2) is 11.4 Å². The minimum Gasteiger partial charge on any atom is -0.483 e. The van der Waals surface area contributed by atoms with Crippen molar-refractivity contribution in [2.24, 2.45) is 10.1 Å². The monoisotopic (exact) mass is 415 g/mol. The molecule has 2 N–H and O–H groups in total. The topological polar surface area (TPSA) is 104 Å². The van der Waals surface area contributed by atoms with Crippen molar-refractivity contribution in [2.75, 3.05) is 6.61 Å². The SMILES string of the molecule is C#CCn1c(=NC(=O)COc2ccccc2C)sc2cc(S(N)(=O)=O)ccc21. The lowest BCUT2D eigenvalue weighted by Gasteiger charge is -2.06. The number of aromatic nitrogens is 1. The number of ether oxygens (including phenoxy) is 1. The lowest BCUT2D eigenvalue weighted by molar-refractivity contribution is -0.120. The van der Waals surface area contributed by atoms with Gasteiger partial charge in [0.25, 0.3) is 5.91 Å². The number of terminal acetylenes is 1. The van der Waals surface area contributed by atoms with E-state index in [9.17, 15) is 13.2 Å². The molecule has 0 spiro atoms. The van der Waals surface area contributed by atoms with Crippen LogP contribution in [0.5, 0.6) is 5.75 Å². The molecular formula is C19H17N3O4S2. The standard InChI is InChI=1S/C19H17N3O4S2/c1-3-10-22-15-9-8-14(28(20,24)25)11-17(15)27-19(22)21-18(23)12-26-16-7-5-4-6-13(16)2/h1,4-9,11H,10,12H2,2H3,(H2,20,24,25). The Labute approximate surface area is 166 Å². The van der Waals surface area contributed by atoms with E-state index in [0.717, 1.165) is 16.9 Å². The van der Waals surface area contributed by atoms with Crippen molar-refractivity contribution in [1.82, 2.24) is 4.57 Å². The number of para-hydroxylation sites is 1. The Morgan fingerprint density at radius 3 is 2.75 bits per heavy atom. The fourth-order valence-electron chi connectivity index (χ4n) is 2.56. The van der Waals surface area contributed by atoms with Crippen LogP contribution in [-0.2, 0) is 21.4 Å². The van der Waals surface area contributed by atoms with Crippen LogP contribution >= 0.6 is 11.3 Å². The van der Waals surface area contributed by atoms with Crippen LogP contribution in [0, 0.1) is 19.3 Å². The van der Waals surface area contributed by atoms with Crippen molar-refractivity contribution < 1.29 is 17.9 Å². The van der Waals surface area contributed by atoms with Crippen molar-refractivity contribution in [3.8, 4) is 18.1 Å². The van der Waals surface area contributed by atoms with Crippen LogP contribution in [0.25, 0.3) is 10.2 Å². The van der Waals surface area contributed by atoms with E-state index in [1.165, 1.54) is 12.1 Å². The molecule has 28 heavy (non-hydrogen) atoms. The van der Waals surface area contributed by atoms with E-state index < -0.39 is 15.9 Å². The number of sulfonamides is 1. The van der Waals surface area contributed by atoms with Crippen LogP contribution in [0.3, 0.4) is 0 Å². The Hall–Kier alpha value is -2.93. The van der Waals surface area contributed by atoms with Gasteiger partial charge in [-0.05, 0) is 36.8 Å². The van der Waals surface area contributed by atoms with E-state index in [0.29, 0.717) is 20.8 Å². The largest absolute Gasteiger partial charge is 0.483 e. The van der Waals surface area contributed by atoms with Crippen molar-refractivity contribution in [3.63, 3.8) is 0 Å². The van der Waals surface area contributed by atoms with Crippen LogP contribution in [0.1, 0.15) is 5.56 Å². The third kappa shape index (κ3) is 4.31. The van der Waals surface area contributed by atoms with E-state index >= 15 is 0 Å². The molecule has 9 heteroatoms. The number of nitrogens with zero attached hydrogens (tertiary/aromatic N) is 2. The van der Waals surface area contributed by atoms with Crippen molar-refractivity contribution >= 4 is 37.5 Å². The lowest BCUT2D eigenvalue weighted by Crippen LogP contribution is -2.19. The summed E-state index contributed by atoms with van der Waals surface area (Å²) in [5.74, 6) is 2.64. The van der Waals surface area contributed by atoms with Crippen LogP contribution in [0.4, 0.5) is 0 Å². The first-order valence-corrected chi connectivity index (χ1v) is 10.5. The van der Waals surface area contributed by atoms with E-state index in [1.807, 2.05) is 25.1 Å². The maximum Gasteiger partial charge on any atom is 0.286 e. The zero-order valence-corrected chi connectivity index (χ0v) is 16.6. The number of carbonyl (C=O) groups excluding carboxylic acids is 1. The molecule has 0 unspecified atom stereocenters. The molecule has 3 rings (SSSR count). The van der Waals surface area contributed by atoms with Gasteiger partial charge < -0.3 is 9.30 Å². The van der Waals surface area contributed by atoms with E-state index in [2.05, 4.69) is 10.9 Å². The number of carbonyl (C=O) groups is 1. The van der Waals surface area contributed by atoms with Gasteiger partial charge in [0.05, 0.1) is 21.7 Å². The zero-order chi connectivity index (χ0) is 20.3. The van der Waals surface area contributed by atoms with Gasteiger partial charge in [-0.1, -0.05) is 35.5 Å². The molecule has 1 heterocycles. The van der Waals surface area contributed by atoms with Crippen molar-refractivity contribution in [1.29, 1.82) is 0 Å². The minimum atomic E-state index is -3.84. The average molecular weight is 415 g/mol. The van der Waals surface area contributed by atoms with Gasteiger partial charge in [0.2, 0.25) is 10.0 Å². The van der Waals surface area contributed by atoms with Gasteiger partial charge in [0.1, 0.15) is 5.75 Å². The number of rotatable bonds is 5. The smallest absolute Gasteiger partial charge is 0.286 e. The maximum atomic E-state index is 12.3. The van der Waals surface area contributed by atoms with Crippen LogP contribution in [0.15, 0.2) is 52.4 Å². The molecule has 0 bridgehead atoms. The van der Waals surface area contributed by atoms with Gasteiger partial charge in [0, 0.05) is 0 Å². The summed E-state index contributed by atoms with van der Waals surface area (Å²) in [6.45, 7) is 1.84. The molecule has 2 aromatic carbocycles. The number of aryl methyl sites for hydroxylation is 1. The summed E-state index contributed by atoms with van der Waals surface area (Å²) in [5.41, 5.74) is 1.58. The normalized spacial score (nSPS) is 12.1. The molecule has 0 fully saturated rings. The summed E-state index contributed by atoms with van der Waals surface area (Å²) in [6, 6.07) is 11.8. The summed E-state index contributed by atoms with van der Waals surface area (Å²) in [6.07, 6.45) is 5.43. The highest BCUT2D eigenvalue weighted by molar-refractivity contribution is 7.89. The Balaban J connectivity index is 1.96. The first-order valence-electron chi connectivity index (χ1n) is 8.15. The first-order chi connectivity index (χ1) is 13.3. The van der Waals surface area contributed by atoms with Gasteiger partial charge >= 0.3 is 0 Å². The van der Waals surface area contributed by atoms with Crippen LogP contribution in [-0.4, -0.2) is 25.5 Å². The first kappa shape index (κ1) is 19.8. The summed E-state index contributed by atoms with van der Waals surface area (Å²) in [7, 11) is -3.84. The second-order valence-electron chi connectivity index (χ2n) is 5.91. The Morgan fingerprint density at radius 2 is 2.07 bits per heavy atom. The number of hydrogen-bond acceptors (Lipinski definition) is 5. The number of benzene rings is 2. The maximum absolute atomic E-state index is 12.3. The summed E-state index contributed by atoms with van der Waals surface area (Å²) in [4.78, 5) is 16.7. The molecule has 1 amide bonds. The van der Waals surface area contributed by atoms with Gasteiger partial charge in [-0.15, -0.1) is 6.42 Å². The number of primary sulfonamides is 1. The molecule has 0 aliphatic heterocycles. The fraction of sp³-hybridized carbons (Fsp3) is 0.158. The number of amides is 1. The molecule has 3 aromatic rings. The molecule has 1 aromatic heterocycles. The highest BCUT2D eigenvalue weighted by atomic mass is 32.2. The predicted molar refractivity (Wildman–Crippen MR) is 107 cm³/mol. The van der Waals surface area contributed by atoms with Crippen molar-refractivity contribution in [2.45, 2.75) is 18.4 Å². The molecule has 0 atom stereocenters. The third-order valence-electron chi connectivity index (χ3n) is 3.90. The molecule has 0 saturated heterocycles. The number of hydrogen-bond donors (Lipinski definition) is 1. The molecule has 0 aliphatic carbocycles. The van der Waals surface area contributed by atoms with Crippen LogP contribution in [0.2, 0.25) is 0 Å². The molecule has 144 valence electrons. The average Bonchev–Trinajstić information content (AvgIpc) is 2.97. The Morgan fingerprint density at radius 1 is 1.32 bits per heavy atom. The number of thiazole rings is 1. The van der Waals surface area contributed by atoms with Crippen molar-refractivity contribution in [3.05, 3.63) is 52.8 Å². The Bertz CT molecular complexity index is 1260. The highest BCUT2D eigenvalue weighted by Gasteiger charge is 2.13. The van der Waals surface area contributed by atoms with E-state index in [4.69, 9.17) is 16.3 Å². The molecule has 0 radical (unpaired) electrons. The molecule has 0 aliphatic rings.